The van der Waals surface area contributed by atoms with Crippen molar-refractivity contribution in [1.82, 2.24) is 0 Å². The molecule has 0 unspecified atom stereocenters. The Morgan fingerprint density at radius 3 is 2.33 bits per heavy atom. The van der Waals surface area contributed by atoms with Crippen LogP contribution >= 0.6 is 0 Å². The number of carboxylic acids is 1. The fraction of sp³-hybridized carbons (Fsp3) is 0.267. The van der Waals surface area contributed by atoms with E-state index in [0.29, 0.717) is 5.39 Å². The third-order valence-corrected chi connectivity index (χ3v) is 6.32. The Balaban J connectivity index is 2.70. The maximum atomic E-state index is 12.9. The second-order valence-electron chi connectivity index (χ2n) is 5.40. The van der Waals surface area contributed by atoms with E-state index in [-0.39, 0.29) is 4.90 Å². The van der Waals surface area contributed by atoms with Gasteiger partial charge in [-0.3, -0.25) is 4.79 Å². The van der Waals surface area contributed by atoms with Crippen molar-refractivity contribution in [1.29, 1.82) is 0 Å². The van der Waals surface area contributed by atoms with Crippen LogP contribution in [0, 0.1) is 0 Å². The van der Waals surface area contributed by atoms with Gasteiger partial charge in [-0.1, -0.05) is 36.4 Å². The predicted molar refractivity (Wildman–Crippen MR) is 80.8 cm³/mol. The van der Waals surface area contributed by atoms with Gasteiger partial charge in [0.15, 0.2) is 9.84 Å². The van der Waals surface area contributed by atoms with Gasteiger partial charge in [0.05, 0.1) is 9.64 Å². The van der Waals surface area contributed by atoms with Crippen LogP contribution in [0.5, 0.6) is 0 Å². The van der Waals surface area contributed by atoms with Crippen LogP contribution in [-0.4, -0.2) is 30.3 Å². The highest BCUT2D eigenvalue weighted by Gasteiger charge is 2.45. The largest absolute Gasteiger partial charge is 0.480 e. The molecule has 0 bridgehead atoms. The van der Waals surface area contributed by atoms with Gasteiger partial charge in [-0.25, -0.2) is 8.42 Å². The molecule has 0 spiro atoms. The minimum atomic E-state index is -3.92. The summed E-state index contributed by atoms with van der Waals surface area (Å²) in [7, 11) is -3.92. The van der Waals surface area contributed by atoms with E-state index in [1.807, 2.05) is 6.07 Å². The van der Waals surface area contributed by atoms with Crippen LogP contribution in [0.2, 0.25) is 0 Å². The molecule has 2 aromatic rings. The first kappa shape index (κ1) is 15.5. The van der Waals surface area contributed by atoms with Gasteiger partial charge < -0.3 is 10.8 Å². The van der Waals surface area contributed by atoms with Gasteiger partial charge in [0.1, 0.15) is 6.04 Å². The zero-order chi connectivity index (χ0) is 15.8. The number of hydrogen-bond donors (Lipinski definition) is 2. The standard InChI is InChI=1S/C15H17NO4S/c1-15(2,13(16)14(17)18)21(19,20)12-9-5-7-10-6-3-4-8-11(10)12/h3-9,13H,16H2,1-2H3,(H,17,18)/t13-/m0/s1. The van der Waals surface area contributed by atoms with Crippen LogP contribution < -0.4 is 5.73 Å². The van der Waals surface area contributed by atoms with Gasteiger partial charge in [-0.15, -0.1) is 0 Å². The molecule has 3 N–H and O–H groups in total. The molecule has 0 aliphatic carbocycles. The number of carbonyl (C=O) groups is 1. The molecule has 6 heteroatoms. The number of aliphatic carboxylic acids is 1. The summed E-state index contributed by atoms with van der Waals surface area (Å²) in [6, 6.07) is 10.5. The molecule has 2 rings (SSSR count). The molecule has 0 saturated carbocycles. The number of carboxylic acid groups (broad SMARTS) is 1. The molecular weight excluding hydrogens is 290 g/mol. The highest BCUT2D eigenvalue weighted by Crippen LogP contribution is 2.32. The van der Waals surface area contributed by atoms with E-state index >= 15 is 0 Å². The van der Waals surface area contributed by atoms with Crippen molar-refractivity contribution in [3.8, 4) is 0 Å². The van der Waals surface area contributed by atoms with Crippen molar-refractivity contribution in [2.24, 2.45) is 5.73 Å². The van der Waals surface area contributed by atoms with Gasteiger partial charge in [-0.05, 0) is 25.3 Å². The lowest BCUT2D eigenvalue weighted by Crippen LogP contribution is -2.53. The summed E-state index contributed by atoms with van der Waals surface area (Å²) in [6.45, 7) is 2.67. The number of benzene rings is 2. The third kappa shape index (κ3) is 2.41. The molecule has 112 valence electrons. The Bertz CT molecular complexity index is 791. The van der Waals surface area contributed by atoms with Crippen LogP contribution in [-0.2, 0) is 14.6 Å². The molecular formula is C15H17NO4S. The maximum absolute atomic E-state index is 12.9. The third-order valence-electron chi connectivity index (χ3n) is 3.75. The molecule has 2 aromatic carbocycles. The topological polar surface area (TPSA) is 97.5 Å². The lowest BCUT2D eigenvalue weighted by molar-refractivity contribution is -0.139. The highest BCUT2D eigenvalue weighted by atomic mass is 32.2. The maximum Gasteiger partial charge on any atom is 0.322 e. The highest BCUT2D eigenvalue weighted by molar-refractivity contribution is 7.93. The molecule has 0 saturated heterocycles. The Labute approximate surface area is 123 Å². The molecule has 0 fully saturated rings. The summed E-state index contributed by atoms with van der Waals surface area (Å²) >= 11 is 0. The van der Waals surface area contributed by atoms with Gasteiger partial charge in [-0.2, -0.15) is 0 Å². The summed E-state index contributed by atoms with van der Waals surface area (Å²) in [5.74, 6) is -1.34. The van der Waals surface area contributed by atoms with Crippen LogP contribution in [0.1, 0.15) is 13.8 Å². The molecule has 0 aromatic heterocycles. The first-order valence-corrected chi connectivity index (χ1v) is 7.88. The van der Waals surface area contributed by atoms with Crippen molar-refractivity contribution in [3.63, 3.8) is 0 Å². The van der Waals surface area contributed by atoms with Crippen molar-refractivity contribution >= 4 is 26.6 Å². The summed E-state index contributed by atoms with van der Waals surface area (Å²) in [6.07, 6.45) is 0. The Hall–Kier alpha value is -1.92. The first-order chi connectivity index (χ1) is 9.69. The van der Waals surface area contributed by atoms with Gasteiger partial charge in [0, 0.05) is 5.39 Å². The lowest BCUT2D eigenvalue weighted by atomic mass is 10.1. The number of sulfone groups is 1. The predicted octanol–water partition coefficient (Wildman–Crippen LogP) is 1.80. The van der Waals surface area contributed by atoms with E-state index < -0.39 is 26.6 Å². The molecule has 0 aliphatic rings. The first-order valence-electron chi connectivity index (χ1n) is 6.40. The van der Waals surface area contributed by atoms with Crippen molar-refractivity contribution < 1.29 is 18.3 Å². The zero-order valence-electron chi connectivity index (χ0n) is 11.8. The molecule has 0 radical (unpaired) electrons. The van der Waals surface area contributed by atoms with E-state index in [0.717, 1.165) is 5.39 Å². The van der Waals surface area contributed by atoms with Crippen LogP contribution in [0.25, 0.3) is 10.8 Å². The van der Waals surface area contributed by atoms with Crippen molar-refractivity contribution in [2.45, 2.75) is 29.5 Å². The average Bonchev–Trinajstić information content (AvgIpc) is 2.45. The van der Waals surface area contributed by atoms with E-state index in [2.05, 4.69) is 0 Å². The molecule has 0 heterocycles. The smallest absolute Gasteiger partial charge is 0.322 e. The van der Waals surface area contributed by atoms with Gasteiger partial charge >= 0.3 is 5.97 Å². The molecule has 21 heavy (non-hydrogen) atoms. The van der Waals surface area contributed by atoms with E-state index in [9.17, 15) is 13.2 Å². The Morgan fingerprint density at radius 2 is 1.71 bits per heavy atom. The van der Waals surface area contributed by atoms with Crippen LogP contribution in [0.4, 0.5) is 0 Å². The number of nitrogens with two attached hydrogens (primary N) is 1. The molecule has 5 nitrogen and oxygen atoms in total. The summed E-state index contributed by atoms with van der Waals surface area (Å²) in [4.78, 5) is 11.2. The van der Waals surface area contributed by atoms with Gasteiger partial charge in [0.2, 0.25) is 0 Å². The normalized spacial score (nSPS) is 14.0. The minimum absolute atomic E-state index is 0.0994. The van der Waals surface area contributed by atoms with E-state index in [1.54, 1.807) is 30.3 Å². The van der Waals surface area contributed by atoms with E-state index in [1.165, 1.54) is 19.9 Å². The Morgan fingerprint density at radius 1 is 1.14 bits per heavy atom. The van der Waals surface area contributed by atoms with Crippen molar-refractivity contribution in [3.05, 3.63) is 42.5 Å². The summed E-state index contributed by atoms with van der Waals surface area (Å²) < 4.78 is 24.1. The quantitative estimate of drug-likeness (QED) is 0.897. The Kier molecular flexibility index (Phi) is 3.78. The fourth-order valence-corrected chi connectivity index (χ4v) is 3.91. The number of rotatable bonds is 4. The van der Waals surface area contributed by atoms with Crippen molar-refractivity contribution in [2.75, 3.05) is 0 Å². The molecule has 1 atom stereocenters. The van der Waals surface area contributed by atoms with E-state index in [4.69, 9.17) is 10.8 Å². The number of fused-ring (bicyclic) bond motifs is 1. The average molecular weight is 307 g/mol. The second kappa shape index (κ2) is 5.13. The second-order valence-corrected chi connectivity index (χ2v) is 7.90. The fourth-order valence-electron chi connectivity index (χ4n) is 2.18. The monoisotopic (exact) mass is 307 g/mol. The summed E-state index contributed by atoms with van der Waals surface area (Å²) in [5, 5.41) is 10.4. The number of hydrogen-bond acceptors (Lipinski definition) is 4. The SMILES string of the molecule is CC(C)([C@@H](N)C(=O)O)S(=O)(=O)c1cccc2ccccc12. The molecule has 0 aliphatic heterocycles. The molecule has 0 amide bonds. The lowest BCUT2D eigenvalue weighted by Gasteiger charge is -2.29. The summed E-state index contributed by atoms with van der Waals surface area (Å²) in [5.41, 5.74) is 5.58. The van der Waals surface area contributed by atoms with Gasteiger partial charge in [0.25, 0.3) is 0 Å². The van der Waals surface area contributed by atoms with Crippen LogP contribution in [0.15, 0.2) is 47.4 Å². The minimum Gasteiger partial charge on any atom is -0.480 e. The van der Waals surface area contributed by atoms with Crippen LogP contribution in [0.3, 0.4) is 0 Å². The zero-order valence-corrected chi connectivity index (χ0v) is 12.6.